The van der Waals surface area contributed by atoms with Gasteiger partial charge < -0.3 is 9.47 Å². The van der Waals surface area contributed by atoms with Gasteiger partial charge in [-0.25, -0.2) is 4.39 Å². The van der Waals surface area contributed by atoms with E-state index in [1.54, 1.807) is 13.8 Å². The molecule has 5 heteroatoms. The van der Waals surface area contributed by atoms with Crippen molar-refractivity contribution in [2.45, 2.75) is 33.4 Å². The van der Waals surface area contributed by atoms with Gasteiger partial charge in [-0.1, -0.05) is 13.8 Å². The van der Waals surface area contributed by atoms with Crippen LogP contribution in [0.4, 0.5) is 4.39 Å². The fourth-order valence-corrected chi connectivity index (χ4v) is 0.818. The van der Waals surface area contributed by atoms with E-state index in [9.17, 15) is 14.0 Å². The number of carbonyl (C=O) groups is 2. The van der Waals surface area contributed by atoms with Gasteiger partial charge in [-0.2, -0.15) is 0 Å². The molecule has 0 fully saturated rings. The Morgan fingerprint density at radius 2 is 1.47 bits per heavy atom. The first-order valence-electron chi connectivity index (χ1n) is 4.73. The fourth-order valence-electron chi connectivity index (χ4n) is 0.818. The summed E-state index contributed by atoms with van der Waals surface area (Å²) in [6.45, 7) is 4.87. The molecule has 0 bridgehead atoms. The Bertz CT molecular complexity index is 220. The quantitative estimate of drug-likeness (QED) is 0.658. The molecule has 0 unspecified atom stereocenters. The summed E-state index contributed by atoms with van der Waals surface area (Å²) in [6, 6.07) is 0. The van der Waals surface area contributed by atoms with Crippen LogP contribution in [0.25, 0.3) is 0 Å². The van der Waals surface area contributed by atoms with Crippen molar-refractivity contribution >= 4 is 11.9 Å². The van der Waals surface area contributed by atoms with E-state index in [0.29, 0.717) is 0 Å². The van der Waals surface area contributed by atoms with Gasteiger partial charge >= 0.3 is 11.9 Å². The van der Waals surface area contributed by atoms with Crippen LogP contribution in [-0.4, -0.2) is 30.8 Å². The molecule has 0 saturated heterocycles. The van der Waals surface area contributed by atoms with E-state index >= 15 is 0 Å². The Labute approximate surface area is 88.7 Å². The number of alkyl halides is 1. The first kappa shape index (κ1) is 13.9. The number of halogens is 1. The van der Waals surface area contributed by atoms with E-state index < -0.39 is 36.7 Å². The van der Waals surface area contributed by atoms with Crippen LogP contribution in [0.1, 0.15) is 27.7 Å². The van der Waals surface area contributed by atoms with E-state index in [-0.39, 0.29) is 0 Å². The second-order valence-electron chi connectivity index (χ2n) is 3.75. The Morgan fingerprint density at radius 3 is 1.67 bits per heavy atom. The summed E-state index contributed by atoms with van der Waals surface area (Å²) < 4.78 is 23.3. The van der Waals surface area contributed by atoms with Crippen molar-refractivity contribution in [3.8, 4) is 0 Å². The summed E-state index contributed by atoms with van der Waals surface area (Å²) >= 11 is 0. The molecule has 15 heavy (non-hydrogen) atoms. The van der Waals surface area contributed by atoms with Gasteiger partial charge in [0.1, 0.15) is 13.2 Å². The van der Waals surface area contributed by atoms with Gasteiger partial charge in [0.05, 0.1) is 0 Å². The lowest BCUT2D eigenvalue weighted by molar-refractivity contribution is -0.155. The summed E-state index contributed by atoms with van der Waals surface area (Å²) in [7, 11) is 0. The Hall–Kier alpha value is -1.13. The van der Waals surface area contributed by atoms with E-state index in [4.69, 9.17) is 0 Å². The van der Waals surface area contributed by atoms with Crippen LogP contribution in [-0.2, 0) is 19.1 Å². The topological polar surface area (TPSA) is 52.6 Å². The van der Waals surface area contributed by atoms with Gasteiger partial charge in [-0.15, -0.1) is 0 Å². The Kier molecular flexibility index (Phi) is 5.25. The minimum absolute atomic E-state index is 0.396. The summed E-state index contributed by atoms with van der Waals surface area (Å²) in [4.78, 5) is 21.1. The largest absolute Gasteiger partial charge is 0.462 e. The lowest BCUT2D eigenvalue weighted by Crippen LogP contribution is -2.41. The third-order valence-electron chi connectivity index (χ3n) is 2.07. The number of hydrogen-bond acceptors (Lipinski definition) is 4. The number of carbonyl (C=O) groups excluding carboxylic acids is 2. The highest BCUT2D eigenvalue weighted by atomic mass is 19.1. The second kappa shape index (κ2) is 5.68. The SMILES string of the molecule is CC(=O)OCC(F)(COC(C)=O)C(C)C. The van der Waals surface area contributed by atoms with Gasteiger partial charge in [0.25, 0.3) is 0 Å². The third-order valence-corrected chi connectivity index (χ3v) is 2.07. The summed E-state index contributed by atoms with van der Waals surface area (Å²) in [6.07, 6.45) is 0. The molecule has 0 spiro atoms. The maximum atomic E-state index is 14.1. The van der Waals surface area contributed by atoms with E-state index in [2.05, 4.69) is 9.47 Å². The summed E-state index contributed by atoms with van der Waals surface area (Å²) in [5.74, 6) is -1.52. The maximum Gasteiger partial charge on any atom is 0.302 e. The van der Waals surface area contributed by atoms with Crippen LogP contribution in [0.15, 0.2) is 0 Å². The highest BCUT2D eigenvalue weighted by Gasteiger charge is 2.36. The predicted molar refractivity (Wildman–Crippen MR) is 51.9 cm³/mol. The molecule has 0 atom stereocenters. The fraction of sp³-hybridized carbons (Fsp3) is 0.800. The predicted octanol–water partition coefficient (Wildman–Crippen LogP) is 1.48. The molecular formula is C10H17FO4. The zero-order chi connectivity index (χ0) is 12.1. The van der Waals surface area contributed by atoms with Gasteiger partial charge in [0.2, 0.25) is 0 Å². The van der Waals surface area contributed by atoms with E-state index in [1.807, 2.05) is 0 Å². The van der Waals surface area contributed by atoms with Gasteiger partial charge in [-0.3, -0.25) is 9.59 Å². The highest BCUT2D eigenvalue weighted by Crippen LogP contribution is 2.23. The van der Waals surface area contributed by atoms with Crippen molar-refractivity contribution in [3.05, 3.63) is 0 Å². The van der Waals surface area contributed by atoms with Crippen LogP contribution in [0, 0.1) is 5.92 Å². The molecular weight excluding hydrogens is 203 g/mol. The first-order valence-corrected chi connectivity index (χ1v) is 4.73. The van der Waals surface area contributed by atoms with Crippen LogP contribution in [0.2, 0.25) is 0 Å². The van der Waals surface area contributed by atoms with Gasteiger partial charge in [0, 0.05) is 13.8 Å². The Morgan fingerprint density at radius 1 is 1.13 bits per heavy atom. The van der Waals surface area contributed by atoms with Gasteiger partial charge in [-0.05, 0) is 5.92 Å². The van der Waals surface area contributed by atoms with Crippen molar-refractivity contribution < 1.29 is 23.5 Å². The molecule has 88 valence electrons. The molecule has 0 aliphatic carbocycles. The smallest absolute Gasteiger partial charge is 0.302 e. The molecule has 0 N–H and O–H groups in total. The molecule has 0 aliphatic rings. The van der Waals surface area contributed by atoms with Crippen molar-refractivity contribution in [3.63, 3.8) is 0 Å². The second-order valence-corrected chi connectivity index (χ2v) is 3.75. The molecule has 0 aromatic heterocycles. The summed E-state index contributed by atoms with van der Waals surface area (Å²) in [5, 5.41) is 0. The molecule has 4 nitrogen and oxygen atoms in total. The lowest BCUT2D eigenvalue weighted by atomic mass is 9.94. The Balaban J connectivity index is 4.31. The van der Waals surface area contributed by atoms with Crippen molar-refractivity contribution in [2.75, 3.05) is 13.2 Å². The van der Waals surface area contributed by atoms with Crippen molar-refractivity contribution in [2.24, 2.45) is 5.92 Å². The molecule has 0 aromatic rings. The van der Waals surface area contributed by atoms with Crippen molar-refractivity contribution in [1.29, 1.82) is 0 Å². The third kappa shape index (κ3) is 5.34. The van der Waals surface area contributed by atoms with E-state index in [0.717, 1.165) is 0 Å². The number of hydrogen-bond donors (Lipinski definition) is 0. The summed E-state index contributed by atoms with van der Waals surface area (Å²) in [5.41, 5.74) is -1.82. The zero-order valence-electron chi connectivity index (χ0n) is 9.50. The maximum absolute atomic E-state index is 14.1. The van der Waals surface area contributed by atoms with Crippen LogP contribution in [0.3, 0.4) is 0 Å². The standard InChI is InChI=1S/C10H17FO4/c1-7(2)10(11,5-14-8(3)12)6-15-9(4)13/h7H,5-6H2,1-4H3. The first-order chi connectivity index (χ1) is 6.78. The van der Waals surface area contributed by atoms with E-state index in [1.165, 1.54) is 13.8 Å². The average molecular weight is 220 g/mol. The molecule has 0 saturated carbocycles. The lowest BCUT2D eigenvalue weighted by Gasteiger charge is -2.27. The van der Waals surface area contributed by atoms with Crippen LogP contribution in [0.5, 0.6) is 0 Å². The highest BCUT2D eigenvalue weighted by molar-refractivity contribution is 5.66. The monoisotopic (exact) mass is 220 g/mol. The minimum Gasteiger partial charge on any atom is -0.462 e. The van der Waals surface area contributed by atoms with Crippen LogP contribution >= 0.6 is 0 Å². The molecule has 0 aliphatic heterocycles. The van der Waals surface area contributed by atoms with Gasteiger partial charge in [0.15, 0.2) is 5.67 Å². The molecule has 0 radical (unpaired) electrons. The molecule has 0 amide bonds. The molecule has 0 heterocycles. The zero-order valence-corrected chi connectivity index (χ0v) is 9.50. The number of esters is 2. The minimum atomic E-state index is -1.82. The number of rotatable bonds is 5. The van der Waals surface area contributed by atoms with Crippen LogP contribution < -0.4 is 0 Å². The number of ether oxygens (including phenoxy) is 2. The molecule has 0 rings (SSSR count). The molecule has 0 aromatic carbocycles. The van der Waals surface area contributed by atoms with Crippen molar-refractivity contribution in [1.82, 2.24) is 0 Å². The average Bonchev–Trinajstić information content (AvgIpc) is 2.11. The normalized spacial score (nSPS) is 11.3.